The Kier molecular flexibility index (Phi) is 11.4. The third-order valence-corrected chi connectivity index (χ3v) is 4.95. The first-order valence-corrected chi connectivity index (χ1v) is 8.56. The normalized spacial score (nSPS) is 19.1. The molecule has 5 N–H and O–H groups in total. The zero-order chi connectivity index (χ0) is 17.6. The summed E-state index contributed by atoms with van der Waals surface area (Å²) in [4.78, 5) is 14.0. The molecule has 0 radical (unpaired) electrons. The van der Waals surface area contributed by atoms with Gasteiger partial charge in [-0.3, -0.25) is 9.69 Å². The molecule has 0 amide bonds. The molecular formula is C17H29BCl2N2O4. The quantitative estimate of drug-likeness (QED) is 0.367. The molecular weight excluding hydrogens is 378 g/mol. The van der Waals surface area contributed by atoms with Gasteiger partial charge in [0.2, 0.25) is 0 Å². The zero-order valence-corrected chi connectivity index (χ0v) is 16.4. The van der Waals surface area contributed by atoms with Crippen molar-refractivity contribution < 1.29 is 19.9 Å². The number of aliphatic carboxylic acids is 1. The average Bonchev–Trinajstić information content (AvgIpc) is 3.01. The lowest BCUT2D eigenvalue weighted by molar-refractivity contribution is -0.145. The molecule has 1 aromatic carbocycles. The highest BCUT2D eigenvalue weighted by molar-refractivity contribution is 6.40. The van der Waals surface area contributed by atoms with E-state index in [-0.39, 0.29) is 37.1 Å². The van der Waals surface area contributed by atoms with Crippen molar-refractivity contribution in [2.24, 2.45) is 11.7 Å². The number of hydrogen-bond acceptors (Lipinski definition) is 5. The smallest absolute Gasteiger partial charge is 0.451 e. The van der Waals surface area contributed by atoms with E-state index in [1.165, 1.54) is 5.56 Å². The standard InChI is InChI=1S/C17H27BN2O4.2ClH/c19-17(16(21)22,9-4-5-10-18(23)24)15-8-11-20(13-15)12-14-6-2-1-3-7-14;;/h1-3,6-7,15,23-24H,4-5,8-13,19H2,(H,21,22);2*1H/t15-,17?;;/m1../s1. The van der Waals surface area contributed by atoms with Crippen LogP contribution >= 0.6 is 24.8 Å². The van der Waals surface area contributed by atoms with Crippen LogP contribution in [0, 0.1) is 5.92 Å². The maximum absolute atomic E-state index is 11.8. The van der Waals surface area contributed by atoms with E-state index in [4.69, 9.17) is 15.8 Å². The fourth-order valence-corrected chi connectivity index (χ4v) is 3.47. The summed E-state index contributed by atoms with van der Waals surface area (Å²) in [6.45, 7) is 2.34. The molecule has 1 saturated heterocycles. The van der Waals surface area contributed by atoms with E-state index < -0.39 is 18.6 Å². The van der Waals surface area contributed by atoms with E-state index in [1.807, 2.05) is 18.2 Å². The lowest BCUT2D eigenvalue weighted by Gasteiger charge is -2.31. The van der Waals surface area contributed by atoms with Gasteiger partial charge in [0, 0.05) is 19.0 Å². The van der Waals surface area contributed by atoms with E-state index >= 15 is 0 Å². The number of likely N-dealkylation sites (tertiary alicyclic amines) is 1. The Morgan fingerprint density at radius 3 is 2.46 bits per heavy atom. The Balaban J connectivity index is 0.00000312. The van der Waals surface area contributed by atoms with Crippen molar-refractivity contribution in [3.63, 3.8) is 0 Å². The molecule has 1 aliphatic heterocycles. The lowest BCUT2D eigenvalue weighted by atomic mass is 9.77. The molecule has 1 aromatic rings. The summed E-state index contributed by atoms with van der Waals surface area (Å²) in [5.74, 6) is -1.05. The molecule has 1 aliphatic rings. The number of carboxylic acid groups (broad SMARTS) is 1. The Labute approximate surface area is 167 Å². The molecule has 1 heterocycles. The van der Waals surface area contributed by atoms with Crippen LogP contribution in [-0.4, -0.2) is 51.8 Å². The second-order valence-electron chi connectivity index (χ2n) is 6.78. The second kappa shape index (κ2) is 11.8. The average molecular weight is 407 g/mol. The second-order valence-corrected chi connectivity index (χ2v) is 6.78. The highest BCUT2D eigenvalue weighted by Crippen LogP contribution is 2.31. The number of hydrogen-bond donors (Lipinski definition) is 4. The number of halogens is 2. The molecule has 9 heteroatoms. The van der Waals surface area contributed by atoms with Crippen LogP contribution in [0.15, 0.2) is 30.3 Å². The Bertz CT molecular complexity index is 539. The van der Waals surface area contributed by atoms with Crippen molar-refractivity contribution in [3.8, 4) is 0 Å². The van der Waals surface area contributed by atoms with Gasteiger partial charge in [0.25, 0.3) is 0 Å². The van der Waals surface area contributed by atoms with E-state index in [1.54, 1.807) is 0 Å². The first kappa shape index (κ1) is 25.2. The molecule has 1 unspecified atom stereocenters. The third-order valence-electron chi connectivity index (χ3n) is 4.95. The zero-order valence-electron chi connectivity index (χ0n) is 14.8. The predicted molar refractivity (Wildman–Crippen MR) is 108 cm³/mol. The van der Waals surface area contributed by atoms with Gasteiger partial charge in [0.15, 0.2) is 0 Å². The van der Waals surface area contributed by atoms with Gasteiger partial charge in [0.1, 0.15) is 5.54 Å². The Hall–Kier alpha value is -0.825. The van der Waals surface area contributed by atoms with Gasteiger partial charge in [-0.15, -0.1) is 24.8 Å². The van der Waals surface area contributed by atoms with E-state index in [0.717, 1.165) is 19.5 Å². The fraction of sp³-hybridized carbons (Fsp3) is 0.588. The van der Waals surface area contributed by atoms with Gasteiger partial charge in [0.05, 0.1) is 0 Å². The van der Waals surface area contributed by atoms with Crippen molar-refractivity contribution in [2.45, 2.75) is 44.1 Å². The number of nitrogens with zero attached hydrogens (tertiary/aromatic N) is 1. The van der Waals surface area contributed by atoms with Crippen LogP contribution in [0.2, 0.25) is 6.32 Å². The number of rotatable bonds is 9. The van der Waals surface area contributed by atoms with Gasteiger partial charge < -0.3 is 20.9 Å². The van der Waals surface area contributed by atoms with Gasteiger partial charge in [-0.2, -0.15) is 0 Å². The van der Waals surface area contributed by atoms with Crippen LogP contribution in [0.25, 0.3) is 0 Å². The Morgan fingerprint density at radius 2 is 1.88 bits per heavy atom. The van der Waals surface area contributed by atoms with Crippen molar-refractivity contribution in [2.75, 3.05) is 13.1 Å². The lowest BCUT2D eigenvalue weighted by Crippen LogP contribution is -2.55. The van der Waals surface area contributed by atoms with Crippen LogP contribution in [0.5, 0.6) is 0 Å². The van der Waals surface area contributed by atoms with Crippen molar-refractivity contribution in [3.05, 3.63) is 35.9 Å². The first-order valence-electron chi connectivity index (χ1n) is 8.56. The fourth-order valence-electron chi connectivity index (χ4n) is 3.47. The van der Waals surface area contributed by atoms with Crippen LogP contribution in [0.4, 0.5) is 0 Å². The minimum absolute atomic E-state index is 0. The van der Waals surface area contributed by atoms with E-state index in [9.17, 15) is 9.90 Å². The van der Waals surface area contributed by atoms with Gasteiger partial charge >= 0.3 is 13.1 Å². The highest BCUT2D eigenvalue weighted by atomic mass is 35.5. The summed E-state index contributed by atoms with van der Waals surface area (Å²) in [6, 6.07) is 10.1. The molecule has 2 rings (SSSR count). The summed E-state index contributed by atoms with van der Waals surface area (Å²) < 4.78 is 0. The van der Waals surface area contributed by atoms with Gasteiger partial charge in [-0.05, 0) is 31.3 Å². The number of unbranched alkanes of at least 4 members (excludes halogenated alkanes) is 1. The number of benzene rings is 1. The van der Waals surface area contributed by atoms with E-state index in [0.29, 0.717) is 25.8 Å². The molecule has 1 fully saturated rings. The summed E-state index contributed by atoms with van der Waals surface area (Å²) >= 11 is 0. The Morgan fingerprint density at radius 1 is 1.23 bits per heavy atom. The van der Waals surface area contributed by atoms with Gasteiger partial charge in [-0.25, -0.2) is 0 Å². The summed E-state index contributed by atoms with van der Waals surface area (Å²) in [6.07, 6.45) is 2.53. The SMILES string of the molecule is Cl.Cl.NC(CCCCB(O)O)(C(=O)O)[C@@H]1CCN(Cc2ccccc2)C1. The third kappa shape index (κ3) is 7.06. The van der Waals surface area contributed by atoms with Crippen molar-refractivity contribution >= 4 is 37.9 Å². The molecule has 0 aromatic heterocycles. The highest BCUT2D eigenvalue weighted by Gasteiger charge is 2.44. The molecule has 26 heavy (non-hydrogen) atoms. The number of nitrogens with two attached hydrogens (primary N) is 1. The monoisotopic (exact) mass is 406 g/mol. The predicted octanol–water partition coefficient (Wildman–Crippen LogP) is 1.78. The maximum atomic E-state index is 11.8. The largest absolute Gasteiger partial charge is 0.480 e. The van der Waals surface area contributed by atoms with Crippen LogP contribution in [0.1, 0.15) is 31.2 Å². The van der Waals surface area contributed by atoms with Gasteiger partial charge in [-0.1, -0.05) is 43.2 Å². The van der Waals surface area contributed by atoms with Crippen LogP contribution in [0.3, 0.4) is 0 Å². The summed E-state index contributed by atoms with van der Waals surface area (Å²) in [5, 5.41) is 27.4. The minimum Gasteiger partial charge on any atom is -0.480 e. The summed E-state index contributed by atoms with van der Waals surface area (Å²) in [5.41, 5.74) is 6.24. The molecule has 0 spiro atoms. The molecule has 6 nitrogen and oxygen atoms in total. The van der Waals surface area contributed by atoms with Crippen LogP contribution in [-0.2, 0) is 11.3 Å². The molecule has 0 aliphatic carbocycles. The number of carboxylic acids is 1. The molecule has 0 bridgehead atoms. The molecule has 0 saturated carbocycles. The van der Waals surface area contributed by atoms with Crippen molar-refractivity contribution in [1.29, 1.82) is 0 Å². The maximum Gasteiger partial charge on any atom is 0.451 e. The number of carbonyl (C=O) groups is 1. The van der Waals surface area contributed by atoms with Crippen LogP contribution < -0.4 is 5.73 Å². The van der Waals surface area contributed by atoms with E-state index in [2.05, 4.69) is 17.0 Å². The first-order chi connectivity index (χ1) is 11.4. The summed E-state index contributed by atoms with van der Waals surface area (Å²) in [7, 11) is -1.34. The molecule has 148 valence electrons. The topological polar surface area (TPSA) is 107 Å². The molecule has 2 atom stereocenters. The minimum atomic E-state index is -1.34. The van der Waals surface area contributed by atoms with Crippen molar-refractivity contribution in [1.82, 2.24) is 4.90 Å².